The van der Waals surface area contributed by atoms with Crippen molar-refractivity contribution in [2.45, 2.75) is 50.1 Å². The summed E-state index contributed by atoms with van der Waals surface area (Å²) in [6.07, 6.45) is 1.99. The first-order valence-corrected chi connectivity index (χ1v) is 8.64. The van der Waals surface area contributed by atoms with Crippen molar-refractivity contribution in [2.75, 3.05) is 0 Å². The zero-order valence-corrected chi connectivity index (χ0v) is 12.8. The van der Waals surface area contributed by atoms with Gasteiger partial charge >= 0.3 is 0 Å². The second-order valence-corrected chi connectivity index (χ2v) is 7.66. The van der Waals surface area contributed by atoms with Crippen LogP contribution in [0.25, 0.3) is 0 Å². The van der Waals surface area contributed by atoms with Gasteiger partial charge < -0.3 is 9.47 Å². The molecule has 4 amide bonds. The minimum absolute atomic E-state index is 0.256. The second-order valence-electron chi connectivity index (χ2n) is 7.66. The number of ether oxygens (including phenoxy) is 2. The number of hydrogen-bond acceptors (Lipinski definition) is 6. The Labute approximate surface area is 137 Å². The summed E-state index contributed by atoms with van der Waals surface area (Å²) >= 11 is 0. The zero-order chi connectivity index (χ0) is 16.3. The Bertz CT molecular complexity index is 605. The van der Waals surface area contributed by atoms with Crippen LogP contribution in [-0.2, 0) is 28.7 Å². The zero-order valence-electron chi connectivity index (χ0n) is 12.8. The molecule has 6 fully saturated rings. The molecular formula is C16H16N2O6. The van der Waals surface area contributed by atoms with Crippen LogP contribution < -0.4 is 0 Å². The van der Waals surface area contributed by atoms with E-state index in [2.05, 4.69) is 0 Å². The molecule has 0 aromatic carbocycles. The SMILES string of the molecule is O=C1[C@@H]2[C@H](C(=O)N1N1C(=O)[C@H]3[C@H](C1=O)[C@H]1CC[C@H]3O1)[C@@H]1CC[C@@H]2O1. The average molecular weight is 332 g/mol. The number of carbonyl (C=O) groups is 4. The number of hydrogen-bond donors (Lipinski definition) is 0. The maximum Gasteiger partial charge on any atom is 0.255 e. The molecule has 0 aliphatic carbocycles. The van der Waals surface area contributed by atoms with Gasteiger partial charge in [0.25, 0.3) is 23.6 Å². The van der Waals surface area contributed by atoms with E-state index in [-0.39, 0.29) is 24.4 Å². The van der Waals surface area contributed by atoms with E-state index in [0.717, 1.165) is 35.7 Å². The molecule has 6 saturated heterocycles. The first-order chi connectivity index (χ1) is 11.6. The molecule has 6 aliphatic heterocycles. The van der Waals surface area contributed by atoms with Crippen LogP contribution in [-0.4, -0.2) is 58.1 Å². The Hall–Kier alpha value is -1.80. The van der Waals surface area contributed by atoms with Gasteiger partial charge in [-0.1, -0.05) is 0 Å². The Kier molecular flexibility index (Phi) is 2.28. The lowest BCUT2D eigenvalue weighted by atomic mass is 9.81. The normalized spacial score (nSPS) is 51.3. The number of fused-ring (bicyclic) bond motifs is 10. The van der Waals surface area contributed by atoms with E-state index in [0.29, 0.717) is 0 Å². The molecule has 4 bridgehead atoms. The summed E-state index contributed by atoms with van der Waals surface area (Å²) in [4.78, 5) is 51.2. The molecule has 24 heavy (non-hydrogen) atoms. The van der Waals surface area contributed by atoms with E-state index in [1.165, 1.54) is 0 Å². The van der Waals surface area contributed by atoms with Gasteiger partial charge in [0.1, 0.15) is 0 Å². The number of amides is 4. The maximum absolute atomic E-state index is 12.8. The fourth-order valence-corrected chi connectivity index (χ4v) is 5.79. The number of hydrazine groups is 1. The van der Waals surface area contributed by atoms with Crippen molar-refractivity contribution in [3.8, 4) is 0 Å². The van der Waals surface area contributed by atoms with E-state index in [9.17, 15) is 19.2 Å². The largest absolute Gasteiger partial charge is 0.373 e. The summed E-state index contributed by atoms with van der Waals surface area (Å²) in [6.45, 7) is 0. The molecule has 0 aromatic heterocycles. The minimum Gasteiger partial charge on any atom is -0.373 e. The van der Waals surface area contributed by atoms with Gasteiger partial charge in [0.15, 0.2) is 0 Å². The third-order valence-corrected chi connectivity index (χ3v) is 6.72. The van der Waals surface area contributed by atoms with Crippen LogP contribution in [0.4, 0.5) is 0 Å². The van der Waals surface area contributed by atoms with Gasteiger partial charge in [0.2, 0.25) is 0 Å². The standard InChI is InChI=1S/C16H16N2O6/c19-13-9-5-1-2-6(23-5)10(9)14(20)17(13)18-15(21)11-7-3-4-8(24-7)12(11)16(18)22/h5-12H,1-4H2/t5-,6-,7+,8+,9-,10-,11-,12+/m1/s1. The van der Waals surface area contributed by atoms with Crippen LogP contribution in [0.3, 0.4) is 0 Å². The van der Waals surface area contributed by atoms with Crippen molar-refractivity contribution >= 4 is 23.6 Å². The lowest BCUT2D eigenvalue weighted by Gasteiger charge is -2.26. The van der Waals surface area contributed by atoms with Crippen molar-refractivity contribution < 1.29 is 28.7 Å². The summed E-state index contributed by atoms with van der Waals surface area (Å²) in [6, 6.07) is 0. The second kappa shape index (κ2) is 4.05. The minimum atomic E-state index is -0.537. The third-order valence-electron chi connectivity index (χ3n) is 6.72. The molecule has 6 heterocycles. The monoisotopic (exact) mass is 332 g/mol. The molecule has 8 nitrogen and oxygen atoms in total. The van der Waals surface area contributed by atoms with Gasteiger partial charge in [-0.15, -0.1) is 0 Å². The molecule has 0 radical (unpaired) electrons. The fourth-order valence-electron chi connectivity index (χ4n) is 5.79. The van der Waals surface area contributed by atoms with Gasteiger partial charge in [-0.3, -0.25) is 19.2 Å². The van der Waals surface area contributed by atoms with Crippen molar-refractivity contribution in [3.05, 3.63) is 0 Å². The molecule has 0 saturated carbocycles. The topological polar surface area (TPSA) is 93.2 Å². The predicted octanol–water partition coefficient (Wildman–Crippen LogP) is -0.774. The van der Waals surface area contributed by atoms with E-state index in [1.54, 1.807) is 0 Å². The van der Waals surface area contributed by atoms with Crippen LogP contribution in [0.2, 0.25) is 0 Å². The fraction of sp³-hybridized carbons (Fsp3) is 0.750. The van der Waals surface area contributed by atoms with E-state index < -0.39 is 47.3 Å². The molecule has 6 rings (SSSR count). The van der Waals surface area contributed by atoms with Crippen LogP contribution in [0.15, 0.2) is 0 Å². The molecule has 8 heteroatoms. The summed E-state index contributed by atoms with van der Waals surface area (Å²) < 4.78 is 11.4. The summed E-state index contributed by atoms with van der Waals surface area (Å²) in [5, 5.41) is 1.68. The van der Waals surface area contributed by atoms with Crippen molar-refractivity contribution in [1.82, 2.24) is 10.0 Å². The highest BCUT2D eigenvalue weighted by Crippen LogP contribution is 2.52. The summed E-state index contributed by atoms with van der Waals surface area (Å²) in [5.74, 6) is -3.95. The maximum atomic E-state index is 12.8. The van der Waals surface area contributed by atoms with Crippen LogP contribution in [0, 0.1) is 23.7 Å². The lowest BCUT2D eigenvalue weighted by Crippen LogP contribution is -2.52. The Balaban J connectivity index is 1.38. The average Bonchev–Trinajstić information content (AvgIpc) is 3.36. The van der Waals surface area contributed by atoms with E-state index in [4.69, 9.17) is 9.47 Å². The number of imide groups is 2. The van der Waals surface area contributed by atoms with Gasteiger partial charge in [-0.05, 0) is 25.7 Å². The molecule has 0 N–H and O–H groups in total. The Morgan fingerprint density at radius 3 is 1.04 bits per heavy atom. The van der Waals surface area contributed by atoms with Gasteiger partial charge in [0, 0.05) is 0 Å². The van der Waals surface area contributed by atoms with Crippen LogP contribution in [0.5, 0.6) is 0 Å². The highest BCUT2D eigenvalue weighted by Gasteiger charge is 2.69. The number of rotatable bonds is 1. The Morgan fingerprint density at radius 2 is 0.792 bits per heavy atom. The van der Waals surface area contributed by atoms with Crippen LogP contribution >= 0.6 is 0 Å². The van der Waals surface area contributed by atoms with Crippen LogP contribution in [0.1, 0.15) is 25.7 Å². The van der Waals surface area contributed by atoms with E-state index in [1.807, 2.05) is 0 Å². The molecule has 0 aromatic rings. The molecule has 0 spiro atoms. The molecule has 0 unspecified atom stereocenters. The summed E-state index contributed by atoms with van der Waals surface area (Å²) in [5.41, 5.74) is 0. The van der Waals surface area contributed by atoms with Crippen molar-refractivity contribution in [3.63, 3.8) is 0 Å². The van der Waals surface area contributed by atoms with E-state index >= 15 is 0 Å². The molecule has 126 valence electrons. The van der Waals surface area contributed by atoms with Gasteiger partial charge in [0.05, 0.1) is 48.1 Å². The lowest BCUT2D eigenvalue weighted by molar-refractivity contribution is -0.176. The van der Waals surface area contributed by atoms with Crippen molar-refractivity contribution in [2.24, 2.45) is 23.7 Å². The quantitative estimate of drug-likeness (QED) is 0.585. The first-order valence-electron chi connectivity index (χ1n) is 8.64. The predicted molar refractivity (Wildman–Crippen MR) is 73.5 cm³/mol. The van der Waals surface area contributed by atoms with Crippen molar-refractivity contribution in [1.29, 1.82) is 0 Å². The number of nitrogens with zero attached hydrogens (tertiary/aromatic N) is 2. The molecule has 6 aliphatic rings. The van der Waals surface area contributed by atoms with Gasteiger partial charge in [-0.25, -0.2) is 0 Å². The first kappa shape index (κ1) is 13.5. The Morgan fingerprint density at radius 1 is 0.542 bits per heavy atom. The molecular weight excluding hydrogens is 316 g/mol. The highest BCUT2D eigenvalue weighted by molar-refractivity contribution is 6.14. The third kappa shape index (κ3) is 1.28. The molecule has 8 atom stereocenters. The summed E-state index contributed by atoms with van der Waals surface area (Å²) in [7, 11) is 0. The highest BCUT2D eigenvalue weighted by atomic mass is 16.5. The number of carbonyl (C=O) groups excluding carboxylic acids is 4. The van der Waals surface area contributed by atoms with Gasteiger partial charge in [-0.2, -0.15) is 10.0 Å². The smallest absolute Gasteiger partial charge is 0.255 e.